The number of ether oxygens (including phenoxy) is 1. The Bertz CT molecular complexity index is 1070. The molecule has 0 unspecified atom stereocenters. The molecule has 2 aromatic heterocycles. The van der Waals surface area contributed by atoms with Gasteiger partial charge >= 0.3 is 5.97 Å². The molecule has 3 heterocycles. The van der Waals surface area contributed by atoms with Crippen LogP contribution in [0.2, 0.25) is 0 Å². The van der Waals surface area contributed by atoms with Gasteiger partial charge in [-0.2, -0.15) is 0 Å². The maximum atomic E-state index is 11.9. The molecule has 0 aliphatic carbocycles. The second kappa shape index (κ2) is 10.1. The first kappa shape index (κ1) is 22.2. The predicted octanol–water partition coefficient (Wildman–Crippen LogP) is 4.68. The molecule has 1 fully saturated rings. The summed E-state index contributed by atoms with van der Waals surface area (Å²) in [5, 5.41) is 9.71. The molecule has 8 heteroatoms. The third-order valence-corrected chi connectivity index (χ3v) is 6.10. The Morgan fingerprint density at radius 3 is 2.56 bits per heavy atom. The van der Waals surface area contributed by atoms with Gasteiger partial charge in [-0.25, -0.2) is 19.7 Å². The molecule has 1 aromatic carbocycles. The lowest BCUT2D eigenvalue weighted by Crippen LogP contribution is -2.35. The molecule has 1 aliphatic heterocycles. The van der Waals surface area contributed by atoms with E-state index in [2.05, 4.69) is 35.8 Å². The van der Waals surface area contributed by atoms with Crippen LogP contribution in [0.5, 0.6) is 5.75 Å². The van der Waals surface area contributed by atoms with E-state index in [1.807, 2.05) is 48.7 Å². The number of hydrogen-bond acceptors (Lipinski definition) is 6. The fourth-order valence-corrected chi connectivity index (χ4v) is 4.17. The lowest BCUT2D eigenvalue weighted by atomic mass is 9.93. The van der Waals surface area contributed by atoms with E-state index in [0.29, 0.717) is 23.9 Å². The summed E-state index contributed by atoms with van der Waals surface area (Å²) in [6.07, 6.45) is 4.43. The highest BCUT2D eigenvalue weighted by molar-refractivity contribution is 9.10. The van der Waals surface area contributed by atoms with E-state index in [4.69, 9.17) is 4.74 Å². The number of carbonyl (C=O) groups is 1. The molecule has 4 rings (SSSR count). The van der Waals surface area contributed by atoms with Crippen molar-refractivity contribution in [1.29, 1.82) is 0 Å². The number of carboxylic acids is 1. The molecule has 32 heavy (non-hydrogen) atoms. The molecule has 7 nitrogen and oxygen atoms in total. The second-order valence-corrected chi connectivity index (χ2v) is 8.87. The van der Waals surface area contributed by atoms with Gasteiger partial charge in [0, 0.05) is 30.2 Å². The Kier molecular flexibility index (Phi) is 6.99. The van der Waals surface area contributed by atoms with Crippen LogP contribution in [0.4, 0.5) is 5.82 Å². The monoisotopic (exact) mass is 496 g/mol. The zero-order valence-electron chi connectivity index (χ0n) is 17.9. The van der Waals surface area contributed by atoms with Crippen LogP contribution in [0, 0.1) is 12.8 Å². The molecule has 3 aromatic rings. The summed E-state index contributed by atoms with van der Waals surface area (Å²) in [7, 11) is 0. The lowest BCUT2D eigenvalue weighted by Gasteiger charge is -2.32. The van der Waals surface area contributed by atoms with Crippen molar-refractivity contribution in [3.8, 4) is 5.75 Å². The number of aromatic nitrogens is 3. The summed E-state index contributed by atoms with van der Waals surface area (Å²) >= 11 is 3.42. The largest absolute Gasteiger partial charge is 0.484 e. The third-order valence-electron chi connectivity index (χ3n) is 5.63. The van der Waals surface area contributed by atoms with Gasteiger partial charge in [-0.05, 0) is 59.3 Å². The maximum Gasteiger partial charge on any atom is 0.358 e. The first-order valence-corrected chi connectivity index (χ1v) is 11.4. The smallest absolute Gasteiger partial charge is 0.358 e. The first-order valence-electron chi connectivity index (χ1n) is 10.6. The highest BCUT2D eigenvalue weighted by Gasteiger charge is 2.24. The first-order chi connectivity index (χ1) is 15.5. The number of aromatic carboxylic acids is 1. The molecule has 0 radical (unpaired) electrons. The van der Waals surface area contributed by atoms with Gasteiger partial charge in [0.1, 0.15) is 18.2 Å². The second-order valence-electron chi connectivity index (χ2n) is 7.95. The number of anilines is 1. The molecular weight excluding hydrogens is 472 g/mol. The fraction of sp³-hybridized carbons (Fsp3) is 0.333. The van der Waals surface area contributed by atoms with Gasteiger partial charge in [0.15, 0.2) is 11.4 Å². The summed E-state index contributed by atoms with van der Waals surface area (Å²) < 4.78 is 6.78. The molecule has 166 valence electrons. The quantitative estimate of drug-likeness (QED) is 0.507. The summed E-state index contributed by atoms with van der Waals surface area (Å²) in [6.45, 7) is 3.86. The normalized spacial score (nSPS) is 14.4. The summed E-state index contributed by atoms with van der Waals surface area (Å²) in [6, 6.07) is 13.6. The number of piperidine rings is 1. The number of nitrogens with zero attached hydrogens (tertiary/aromatic N) is 4. The molecule has 1 aliphatic rings. The van der Waals surface area contributed by atoms with Crippen LogP contribution in [0.15, 0.2) is 53.1 Å². The number of hydrogen-bond donors (Lipinski definition) is 1. The third kappa shape index (κ3) is 5.43. The van der Waals surface area contributed by atoms with Crippen molar-refractivity contribution in [2.75, 3.05) is 18.0 Å². The van der Waals surface area contributed by atoms with Crippen LogP contribution in [-0.2, 0) is 13.0 Å². The van der Waals surface area contributed by atoms with E-state index in [-0.39, 0.29) is 18.1 Å². The minimum atomic E-state index is -1.10. The van der Waals surface area contributed by atoms with E-state index in [1.54, 1.807) is 6.92 Å². The van der Waals surface area contributed by atoms with Gasteiger partial charge in [0.25, 0.3) is 0 Å². The molecule has 1 saturated heterocycles. The summed E-state index contributed by atoms with van der Waals surface area (Å²) in [5.41, 5.74) is 1.44. The minimum Gasteiger partial charge on any atom is -0.484 e. The Hall–Kier alpha value is -3.00. The van der Waals surface area contributed by atoms with Gasteiger partial charge in [0.05, 0.1) is 5.69 Å². The highest BCUT2D eigenvalue weighted by Crippen LogP contribution is 2.27. The number of pyridine rings is 1. The number of rotatable bonds is 7. The van der Waals surface area contributed by atoms with E-state index in [9.17, 15) is 9.90 Å². The Balaban J connectivity index is 1.41. The lowest BCUT2D eigenvalue weighted by molar-refractivity contribution is 0.0683. The van der Waals surface area contributed by atoms with Crippen molar-refractivity contribution in [2.45, 2.75) is 32.8 Å². The number of halogens is 1. The molecule has 0 bridgehead atoms. The van der Waals surface area contributed by atoms with Crippen LogP contribution >= 0.6 is 15.9 Å². The number of carboxylic acid groups (broad SMARTS) is 1. The van der Waals surface area contributed by atoms with Crippen LogP contribution in [0.1, 0.15) is 40.4 Å². The SMILES string of the molecule is Cc1nc(CC2CCN(c3ccc(Br)cn3)CC2)nc(C(=O)O)c1OCc1ccccc1. The fourth-order valence-electron chi connectivity index (χ4n) is 3.94. The van der Waals surface area contributed by atoms with E-state index in [1.165, 1.54) is 0 Å². The Morgan fingerprint density at radius 1 is 1.16 bits per heavy atom. The molecule has 0 saturated carbocycles. The zero-order chi connectivity index (χ0) is 22.5. The molecule has 0 spiro atoms. The topological polar surface area (TPSA) is 88.4 Å². The molecule has 0 amide bonds. The molecule has 1 N–H and O–H groups in total. The zero-order valence-corrected chi connectivity index (χ0v) is 19.5. The van der Waals surface area contributed by atoms with Crippen molar-refractivity contribution in [3.05, 3.63) is 75.9 Å². The van der Waals surface area contributed by atoms with Crippen molar-refractivity contribution < 1.29 is 14.6 Å². The van der Waals surface area contributed by atoms with Crippen LogP contribution in [-0.4, -0.2) is 39.1 Å². The molecular formula is C24H25BrN4O3. The van der Waals surface area contributed by atoms with Crippen molar-refractivity contribution in [1.82, 2.24) is 15.0 Å². The van der Waals surface area contributed by atoms with Crippen molar-refractivity contribution in [2.24, 2.45) is 5.92 Å². The summed E-state index contributed by atoms with van der Waals surface area (Å²) in [5.74, 6) is 1.08. The predicted molar refractivity (Wildman–Crippen MR) is 125 cm³/mol. The van der Waals surface area contributed by atoms with Crippen molar-refractivity contribution in [3.63, 3.8) is 0 Å². The van der Waals surface area contributed by atoms with Gasteiger partial charge in [-0.15, -0.1) is 0 Å². The van der Waals surface area contributed by atoms with Gasteiger partial charge in [-0.3, -0.25) is 0 Å². The van der Waals surface area contributed by atoms with Gasteiger partial charge < -0.3 is 14.7 Å². The average Bonchev–Trinajstić information content (AvgIpc) is 2.80. The number of benzene rings is 1. The van der Waals surface area contributed by atoms with Crippen LogP contribution in [0.25, 0.3) is 0 Å². The average molecular weight is 497 g/mol. The van der Waals surface area contributed by atoms with Crippen LogP contribution < -0.4 is 9.64 Å². The van der Waals surface area contributed by atoms with Crippen molar-refractivity contribution >= 4 is 27.7 Å². The minimum absolute atomic E-state index is 0.0695. The highest BCUT2D eigenvalue weighted by atomic mass is 79.9. The molecule has 0 atom stereocenters. The Morgan fingerprint density at radius 2 is 1.91 bits per heavy atom. The maximum absolute atomic E-state index is 11.9. The summed E-state index contributed by atoms with van der Waals surface area (Å²) in [4.78, 5) is 27.6. The number of aryl methyl sites for hydroxylation is 1. The van der Waals surface area contributed by atoms with E-state index < -0.39 is 5.97 Å². The Labute approximate surface area is 195 Å². The van der Waals surface area contributed by atoms with E-state index >= 15 is 0 Å². The standard InChI is InChI=1S/C24H25BrN4O3/c1-16-23(32-15-18-5-3-2-4-6-18)22(24(30)31)28-20(27-16)13-17-9-11-29(12-10-17)21-8-7-19(25)14-26-21/h2-8,14,17H,9-13,15H2,1H3,(H,30,31). The van der Waals surface area contributed by atoms with E-state index in [0.717, 1.165) is 41.8 Å². The van der Waals surface area contributed by atoms with Gasteiger partial charge in [0.2, 0.25) is 0 Å². The van der Waals surface area contributed by atoms with Gasteiger partial charge in [-0.1, -0.05) is 30.3 Å². The van der Waals surface area contributed by atoms with Crippen LogP contribution in [0.3, 0.4) is 0 Å².